The second kappa shape index (κ2) is 8.04. The lowest BCUT2D eigenvalue weighted by Crippen LogP contribution is -2.54. The van der Waals surface area contributed by atoms with Crippen LogP contribution in [0.1, 0.15) is 6.92 Å². The molecule has 1 aliphatic heterocycles. The molecule has 1 fully saturated rings. The molecule has 1 aliphatic rings. The van der Waals surface area contributed by atoms with E-state index in [4.69, 9.17) is 15.2 Å². The van der Waals surface area contributed by atoms with Crippen LogP contribution in [0.4, 0.5) is 16.3 Å². The lowest BCUT2D eigenvalue weighted by Gasteiger charge is -2.38. The van der Waals surface area contributed by atoms with Crippen molar-refractivity contribution in [1.29, 1.82) is 0 Å². The highest BCUT2D eigenvalue weighted by Crippen LogP contribution is 2.28. The number of hydrogen-bond donors (Lipinski definition) is 2. The van der Waals surface area contributed by atoms with Crippen molar-refractivity contribution in [2.75, 3.05) is 44.2 Å². The predicted octanol–water partition coefficient (Wildman–Crippen LogP) is 1.29. The molecule has 0 radical (unpaired) electrons. The normalized spacial score (nSPS) is 17.0. The second-order valence-corrected chi connectivity index (χ2v) is 6.21. The molecule has 1 saturated heterocycles. The summed E-state index contributed by atoms with van der Waals surface area (Å²) in [5.74, 6) is 1.15. The summed E-state index contributed by atoms with van der Waals surface area (Å²) in [5, 5.41) is 17.7. The molecule has 1 amide bonds. The third-order valence-corrected chi connectivity index (χ3v) is 4.30. The summed E-state index contributed by atoms with van der Waals surface area (Å²) in [7, 11) is 1.53. The Hall–Kier alpha value is -3.14. The van der Waals surface area contributed by atoms with Gasteiger partial charge in [-0.2, -0.15) is 0 Å². The summed E-state index contributed by atoms with van der Waals surface area (Å²) >= 11 is 0. The van der Waals surface area contributed by atoms with Gasteiger partial charge in [-0.05, 0) is 19.1 Å². The van der Waals surface area contributed by atoms with Gasteiger partial charge >= 0.3 is 6.09 Å². The van der Waals surface area contributed by atoms with Gasteiger partial charge in [0.15, 0.2) is 18.4 Å². The van der Waals surface area contributed by atoms with E-state index in [1.807, 2.05) is 17.9 Å². The fourth-order valence-corrected chi connectivity index (χ4v) is 2.95. The summed E-state index contributed by atoms with van der Waals surface area (Å²) in [6.07, 6.45) is 0.624. The van der Waals surface area contributed by atoms with Gasteiger partial charge in [-0.1, -0.05) is 0 Å². The highest BCUT2D eigenvalue weighted by molar-refractivity contribution is 5.67. The molecule has 10 heteroatoms. The van der Waals surface area contributed by atoms with Crippen LogP contribution in [0.3, 0.4) is 0 Å². The van der Waals surface area contributed by atoms with Crippen LogP contribution in [0, 0.1) is 0 Å². The zero-order valence-electron chi connectivity index (χ0n) is 15.2. The number of carbonyl (C=O) groups is 1. The molecule has 2 aromatic rings. The lowest BCUT2D eigenvalue weighted by molar-refractivity contribution is 0.0513. The highest BCUT2D eigenvalue weighted by Gasteiger charge is 2.28. The van der Waals surface area contributed by atoms with Crippen LogP contribution in [0.15, 0.2) is 24.4 Å². The number of rotatable bonds is 5. The van der Waals surface area contributed by atoms with Gasteiger partial charge in [-0.25, -0.2) is 9.78 Å². The molecule has 1 unspecified atom stereocenters. The number of amides is 1. The van der Waals surface area contributed by atoms with E-state index in [2.05, 4.69) is 15.2 Å². The fraction of sp³-hybridized carbons (Fsp3) is 0.412. The molecule has 10 nitrogen and oxygen atoms in total. The van der Waals surface area contributed by atoms with E-state index >= 15 is 0 Å². The van der Waals surface area contributed by atoms with Crippen LogP contribution in [-0.4, -0.2) is 70.9 Å². The van der Waals surface area contributed by atoms with Gasteiger partial charge < -0.3 is 30.1 Å². The van der Waals surface area contributed by atoms with Gasteiger partial charge in [0.2, 0.25) is 0 Å². The number of anilines is 2. The maximum atomic E-state index is 11.2. The molecule has 0 bridgehead atoms. The third-order valence-electron chi connectivity index (χ3n) is 4.30. The minimum absolute atomic E-state index is 0.0649. The van der Waals surface area contributed by atoms with Crippen molar-refractivity contribution in [3.8, 4) is 17.1 Å². The number of ether oxygens (including phenoxy) is 2. The zero-order chi connectivity index (χ0) is 19.4. The lowest BCUT2D eigenvalue weighted by atomic mass is 10.2. The van der Waals surface area contributed by atoms with Gasteiger partial charge in [0.25, 0.3) is 0 Å². The van der Waals surface area contributed by atoms with E-state index < -0.39 is 6.09 Å². The number of nitrogens with zero attached hydrogens (tertiary/aromatic N) is 5. The monoisotopic (exact) mass is 374 g/mol. The molecule has 1 atom stereocenters. The van der Waals surface area contributed by atoms with Crippen LogP contribution in [0.5, 0.6) is 5.75 Å². The van der Waals surface area contributed by atoms with Crippen LogP contribution in [0.2, 0.25) is 0 Å². The summed E-state index contributed by atoms with van der Waals surface area (Å²) in [4.78, 5) is 18.9. The molecule has 27 heavy (non-hydrogen) atoms. The summed E-state index contributed by atoms with van der Waals surface area (Å²) < 4.78 is 10.4. The van der Waals surface area contributed by atoms with Gasteiger partial charge in [-0.15, -0.1) is 10.2 Å². The Kier molecular flexibility index (Phi) is 5.55. The van der Waals surface area contributed by atoms with Crippen molar-refractivity contribution in [2.24, 2.45) is 0 Å². The first-order chi connectivity index (χ1) is 13.0. The molecule has 3 N–H and O–H groups in total. The topological polar surface area (TPSA) is 127 Å². The van der Waals surface area contributed by atoms with E-state index in [0.717, 1.165) is 0 Å². The number of pyridine rings is 1. The number of hydrogen-bond acceptors (Lipinski definition) is 8. The van der Waals surface area contributed by atoms with Crippen molar-refractivity contribution in [3.05, 3.63) is 24.4 Å². The SMILES string of the molecule is COCOc1cc(N)cnc1-c1ccc(N2CCN(C(=O)O)C(C)C2)nn1. The number of piperazine rings is 1. The Morgan fingerprint density at radius 1 is 1.37 bits per heavy atom. The highest BCUT2D eigenvalue weighted by atomic mass is 16.7. The first-order valence-corrected chi connectivity index (χ1v) is 8.45. The average Bonchev–Trinajstić information content (AvgIpc) is 2.66. The Balaban J connectivity index is 1.77. The summed E-state index contributed by atoms with van der Waals surface area (Å²) in [6.45, 7) is 3.49. The minimum Gasteiger partial charge on any atom is -0.465 e. The number of aromatic nitrogens is 3. The standard InChI is InChI=1S/C17H22N6O4/c1-11-9-22(5-6-23(11)17(24)25)15-4-3-13(20-21-15)16-14(27-10-26-2)7-12(18)8-19-16/h3-4,7-8,11H,5-6,9-10,18H2,1-2H3,(H,24,25). The van der Waals surface area contributed by atoms with E-state index in [-0.39, 0.29) is 12.8 Å². The third kappa shape index (κ3) is 4.17. The Morgan fingerprint density at radius 3 is 2.81 bits per heavy atom. The van der Waals surface area contributed by atoms with E-state index in [1.165, 1.54) is 18.2 Å². The van der Waals surface area contributed by atoms with Gasteiger partial charge in [0, 0.05) is 38.9 Å². The molecule has 3 heterocycles. The molecular weight excluding hydrogens is 352 g/mol. The molecule has 0 aliphatic carbocycles. The molecule has 144 valence electrons. The summed E-state index contributed by atoms with van der Waals surface area (Å²) in [5.41, 5.74) is 7.31. The van der Waals surface area contributed by atoms with E-state index in [9.17, 15) is 9.90 Å². The Morgan fingerprint density at radius 2 is 2.19 bits per heavy atom. The quantitative estimate of drug-likeness (QED) is 0.744. The molecular formula is C17H22N6O4. The molecule has 0 spiro atoms. The number of nitrogens with two attached hydrogens (primary N) is 1. The van der Waals surface area contributed by atoms with E-state index in [0.29, 0.717) is 48.3 Å². The van der Waals surface area contributed by atoms with Gasteiger partial charge in [0.05, 0.1) is 11.9 Å². The maximum absolute atomic E-state index is 11.2. The van der Waals surface area contributed by atoms with Crippen molar-refractivity contribution in [3.63, 3.8) is 0 Å². The fourth-order valence-electron chi connectivity index (χ4n) is 2.95. The van der Waals surface area contributed by atoms with Crippen LogP contribution >= 0.6 is 0 Å². The van der Waals surface area contributed by atoms with E-state index in [1.54, 1.807) is 12.1 Å². The van der Waals surface area contributed by atoms with Crippen molar-refractivity contribution in [1.82, 2.24) is 20.1 Å². The number of carboxylic acid groups (broad SMARTS) is 1. The van der Waals surface area contributed by atoms with Crippen LogP contribution < -0.4 is 15.4 Å². The summed E-state index contributed by atoms with van der Waals surface area (Å²) in [6, 6.07) is 5.17. The number of nitrogen functional groups attached to an aromatic ring is 1. The smallest absolute Gasteiger partial charge is 0.407 e. The van der Waals surface area contributed by atoms with Crippen molar-refractivity contribution in [2.45, 2.75) is 13.0 Å². The van der Waals surface area contributed by atoms with Crippen molar-refractivity contribution >= 4 is 17.6 Å². The van der Waals surface area contributed by atoms with Crippen molar-refractivity contribution < 1.29 is 19.4 Å². The molecule has 3 rings (SSSR count). The maximum Gasteiger partial charge on any atom is 0.407 e. The molecule has 0 saturated carbocycles. The number of methoxy groups -OCH3 is 1. The average molecular weight is 374 g/mol. The largest absolute Gasteiger partial charge is 0.465 e. The zero-order valence-corrected chi connectivity index (χ0v) is 15.2. The predicted molar refractivity (Wildman–Crippen MR) is 98.6 cm³/mol. The molecule has 2 aromatic heterocycles. The Bertz CT molecular complexity index is 801. The van der Waals surface area contributed by atoms with Crippen LogP contribution in [-0.2, 0) is 4.74 Å². The first-order valence-electron chi connectivity index (χ1n) is 8.45. The van der Waals surface area contributed by atoms with Crippen LogP contribution in [0.25, 0.3) is 11.4 Å². The first kappa shape index (κ1) is 18.6. The van der Waals surface area contributed by atoms with Gasteiger partial charge in [0.1, 0.15) is 11.4 Å². The van der Waals surface area contributed by atoms with Gasteiger partial charge in [-0.3, -0.25) is 0 Å². The Labute approximate surface area is 156 Å². The second-order valence-electron chi connectivity index (χ2n) is 6.21. The molecule has 0 aromatic carbocycles. The minimum atomic E-state index is -0.901.